The molecular formula is C13H24N4O. The minimum Gasteiger partial charge on any atom is -0.385 e. The molecule has 0 bridgehead atoms. The van der Waals surface area contributed by atoms with Crippen LogP contribution >= 0.6 is 0 Å². The number of aromatic nitrogens is 2. The molecule has 18 heavy (non-hydrogen) atoms. The first kappa shape index (κ1) is 14.7. The van der Waals surface area contributed by atoms with Gasteiger partial charge in [0, 0.05) is 32.4 Å². The van der Waals surface area contributed by atoms with Gasteiger partial charge in [0.15, 0.2) is 0 Å². The molecule has 0 saturated heterocycles. The number of ether oxygens (including phenoxy) is 1. The summed E-state index contributed by atoms with van der Waals surface area (Å²) in [5.41, 5.74) is 0. The first-order valence-electron chi connectivity index (χ1n) is 6.50. The molecule has 5 nitrogen and oxygen atoms in total. The van der Waals surface area contributed by atoms with E-state index >= 15 is 0 Å². The van der Waals surface area contributed by atoms with Crippen LogP contribution in [0.25, 0.3) is 0 Å². The van der Waals surface area contributed by atoms with Gasteiger partial charge < -0.3 is 15.4 Å². The molecule has 2 N–H and O–H groups in total. The van der Waals surface area contributed by atoms with Gasteiger partial charge in [-0.15, -0.1) is 0 Å². The summed E-state index contributed by atoms with van der Waals surface area (Å²) in [6, 6.07) is 2.37. The second kappa shape index (κ2) is 7.87. The zero-order valence-electron chi connectivity index (χ0n) is 11.8. The molecule has 0 aromatic carbocycles. The van der Waals surface area contributed by atoms with Crippen molar-refractivity contribution >= 4 is 11.6 Å². The predicted molar refractivity (Wildman–Crippen MR) is 75.1 cm³/mol. The molecule has 0 saturated carbocycles. The number of methoxy groups -OCH3 is 1. The number of rotatable bonds is 8. The van der Waals surface area contributed by atoms with E-state index in [4.69, 9.17) is 4.74 Å². The van der Waals surface area contributed by atoms with Gasteiger partial charge in [0.2, 0.25) is 0 Å². The highest BCUT2D eigenvalue weighted by Gasteiger charge is 2.04. The quantitative estimate of drug-likeness (QED) is 0.696. The molecule has 0 aliphatic carbocycles. The van der Waals surface area contributed by atoms with Crippen LogP contribution in [0.15, 0.2) is 6.07 Å². The van der Waals surface area contributed by atoms with Crippen molar-refractivity contribution < 1.29 is 4.74 Å². The fourth-order valence-corrected chi connectivity index (χ4v) is 1.52. The second-order valence-corrected chi connectivity index (χ2v) is 4.41. The smallest absolute Gasteiger partial charge is 0.132 e. The highest BCUT2D eigenvalue weighted by Crippen LogP contribution is 2.12. The average Bonchev–Trinajstić information content (AvgIpc) is 2.34. The fourth-order valence-electron chi connectivity index (χ4n) is 1.52. The molecule has 1 atom stereocenters. The van der Waals surface area contributed by atoms with Crippen molar-refractivity contribution in [3.8, 4) is 0 Å². The molecule has 1 rings (SSSR count). The van der Waals surface area contributed by atoms with Crippen LogP contribution in [0.1, 0.15) is 32.5 Å². The summed E-state index contributed by atoms with van der Waals surface area (Å²) in [7, 11) is 1.71. The van der Waals surface area contributed by atoms with Crippen LogP contribution in [0.3, 0.4) is 0 Å². The van der Waals surface area contributed by atoms with E-state index in [9.17, 15) is 0 Å². The van der Waals surface area contributed by atoms with Gasteiger partial charge in [0.25, 0.3) is 0 Å². The summed E-state index contributed by atoms with van der Waals surface area (Å²) in [5.74, 6) is 2.52. The van der Waals surface area contributed by atoms with Crippen LogP contribution in [0, 0.1) is 6.92 Å². The Kier molecular flexibility index (Phi) is 6.43. The van der Waals surface area contributed by atoms with Gasteiger partial charge in [-0.25, -0.2) is 9.97 Å². The third kappa shape index (κ3) is 5.31. The van der Waals surface area contributed by atoms with Crippen LogP contribution in [0.2, 0.25) is 0 Å². The van der Waals surface area contributed by atoms with E-state index in [1.54, 1.807) is 7.11 Å². The minimum absolute atomic E-state index is 0.417. The SMILES string of the molecule is CCC(C)Nc1cc(NCCCOC)nc(C)n1. The summed E-state index contributed by atoms with van der Waals surface area (Å²) >= 11 is 0. The van der Waals surface area contributed by atoms with E-state index < -0.39 is 0 Å². The molecule has 1 heterocycles. The van der Waals surface area contributed by atoms with Gasteiger partial charge >= 0.3 is 0 Å². The van der Waals surface area contributed by atoms with Crippen molar-refractivity contribution in [3.05, 3.63) is 11.9 Å². The standard InChI is InChI=1S/C13H24N4O/c1-5-10(2)15-13-9-12(16-11(3)17-13)14-7-6-8-18-4/h9-10H,5-8H2,1-4H3,(H2,14,15,16,17). The van der Waals surface area contributed by atoms with Crippen LogP contribution in [-0.4, -0.2) is 36.3 Å². The zero-order chi connectivity index (χ0) is 13.4. The molecule has 0 fully saturated rings. The molecule has 1 unspecified atom stereocenters. The van der Waals surface area contributed by atoms with Gasteiger partial charge in [-0.1, -0.05) is 6.92 Å². The van der Waals surface area contributed by atoms with E-state index in [0.717, 1.165) is 43.5 Å². The third-order valence-electron chi connectivity index (χ3n) is 2.68. The maximum Gasteiger partial charge on any atom is 0.132 e. The lowest BCUT2D eigenvalue weighted by molar-refractivity contribution is 0.198. The van der Waals surface area contributed by atoms with Crippen molar-refractivity contribution in [2.45, 2.75) is 39.7 Å². The van der Waals surface area contributed by atoms with Gasteiger partial charge in [-0.3, -0.25) is 0 Å². The second-order valence-electron chi connectivity index (χ2n) is 4.41. The summed E-state index contributed by atoms with van der Waals surface area (Å²) < 4.78 is 5.01. The first-order chi connectivity index (χ1) is 8.65. The Morgan fingerprint density at radius 1 is 1.33 bits per heavy atom. The third-order valence-corrected chi connectivity index (χ3v) is 2.68. The van der Waals surface area contributed by atoms with E-state index in [1.807, 2.05) is 13.0 Å². The van der Waals surface area contributed by atoms with E-state index in [1.165, 1.54) is 0 Å². The van der Waals surface area contributed by atoms with Gasteiger partial charge in [0.1, 0.15) is 17.5 Å². The Bertz CT molecular complexity index is 357. The summed E-state index contributed by atoms with van der Waals surface area (Å²) in [4.78, 5) is 8.74. The largest absolute Gasteiger partial charge is 0.385 e. The number of aryl methyl sites for hydroxylation is 1. The number of hydrogen-bond donors (Lipinski definition) is 2. The number of anilines is 2. The lowest BCUT2D eigenvalue weighted by atomic mass is 10.2. The topological polar surface area (TPSA) is 59.1 Å². The monoisotopic (exact) mass is 252 g/mol. The maximum absolute atomic E-state index is 5.01. The molecule has 0 amide bonds. The van der Waals surface area contributed by atoms with E-state index in [2.05, 4.69) is 34.4 Å². The zero-order valence-corrected chi connectivity index (χ0v) is 11.8. The molecule has 0 radical (unpaired) electrons. The molecule has 0 spiro atoms. The Hall–Kier alpha value is -1.36. The molecule has 5 heteroatoms. The molecule has 1 aromatic heterocycles. The maximum atomic E-state index is 5.01. The van der Waals surface area contributed by atoms with Crippen LogP contribution in [0.4, 0.5) is 11.6 Å². The Morgan fingerprint density at radius 3 is 2.72 bits per heavy atom. The summed E-state index contributed by atoms with van der Waals surface area (Å²) in [6.07, 6.45) is 2.04. The van der Waals surface area contributed by atoms with E-state index in [0.29, 0.717) is 6.04 Å². The molecule has 0 aliphatic rings. The Balaban J connectivity index is 2.57. The first-order valence-corrected chi connectivity index (χ1v) is 6.50. The average molecular weight is 252 g/mol. The van der Waals surface area contributed by atoms with Crippen LogP contribution in [0.5, 0.6) is 0 Å². The lowest BCUT2D eigenvalue weighted by Gasteiger charge is -2.14. The van der Waals surface area contributed by atoms with Gasteiger partial charge in [0.05, 0.1) is 0 Å². The van der Waals surface area contributed by atoms with Crippen LogP contribution in [-0.2, 0) is 4.74 Å². The highest BCUT2D eigenvalue weighted by molar-refractivity contribution is 5.47. The molecule has 102 valence electrons. The highest BCUT2D eigenvalue weighted by atomic mass is 16.5. The molecule has 0 aliphatic heterocycles. The lowest BCUT2D eigenvalue weighted by Crippen LogP contribution is -2.16. The van der Waals surface area contributed by atoms with Crippen molar-refractivity contribution in [1.29, 1.82) is 0 Å². The molecular weight excluding hydrogens is 228 g/mol. The number of nitrogens with one attached hydrogen (secondary N) is 2. The minimum atomic E-state index is 0.417. The van der Waals surface area contributed by atoms with Gasteiger partial charge in [-0.05, 0) is 26.7 Å². The van der Waals surface area contributed by atoms with E-state index in [-0.39, 0.29) is 0 Å². The number of hydrogen-bond acceptors (Lipinski definition) is 5. The van der Waals surface area contributed by atoms with Crippen molar-refractivity contribution in [1.82, 2.24) is 9.97 Å². The predicted octanol–water partition coefficient (Wildman–Crippen LogP) is 2.44. The Labute approximate surface area is 109 Å². The van der Waals surface area contributed by atoms with Crippen molar-refractivity contribution in [2.75, 3.05) is 30.9 Å². The number of nitrogens with zero attached hydrogens (tertiary/aromatic N) is 2. The Morgan fingerprint density at radius 2 is 2.06 bits per heavy atom. The fraction of sp³-hybridized carbons (Fsp3) is 0.692. The molecule has 1 aromatic rings. The van der Waals surface area contributed by atoms with Crippen molar-refractivity contribution in [2.24, 2.45) is 0 Å². The summed E-state index contributed by atoms with van der Waals surface area (Å²) in [5, 5.41) is 6.64. The van der Waals surface area contributed by atoms with Gasteiger partial charge in [-0.2, -0.15) is 0 Å². The van der Waals surface area contributed by atoms with Crippen LogP contribution < -0.4 is 10.6 Å². The summed E-state index contributed by atoms with van der Waals surface area (Å²) in [6.45, 7) is 7.81. The van der Waals surface area contributed by atoms with Crippen molar-refractivity contribution in [3.63, 3.8) is 0 Å². The normalized spacial score (nSPS) is 12.2.